The van der Waals surface area contributed by atoms with Crippen LogP contribution in [0.5, 0.6) is 0 Å². The quantitative estimate of drug-likeness (QED) is 0.371. The second-order valence-corrected chi connectivity index (χ2v) is 11.4. The molecule has 12 nitrogen and oxygen atoms in total. The molecule has 2 heterocycles. The number of aliphatic carboxylic acids is 1. The van der Waals surface area contributed by atoms with Gasteiger partial charge in [0.05, 0.1) is 6.04 Å². The van der Waals surface area contributed by atoms with Gasteiger partial charge in [-0.1, -0.05) is 38.2 Å². The van der Waals surface area contributed by atoms with Crippen molar-refractivity contribution in [2.75, 3.05) is 6.54 Å². The fourth-order valence-corrected chi connectivity index (χ4v) is 5.55. The summed E-state index contributed by atoms with van der Waals surface area (Å²) in [6, 6.07) is 1.93. The number of carbonyl (C=O) groups is 5. The van der Waals surface area contributed by atoms with Crippen LogP contribution in [0.3, 0.4) is 0 Å². The molecule has 39 heavy (non-hydrogen) atoms. The van der Waals surface area contributed by atoms with Gasteiger partial charge in [0, 0.05) is 18.7 Å². The molecular weight excluding hydrogens is 506 g/mol. The summed E-state index contributed by atoms with van der Waals surface area (Å²) in [6.45, 7) is 7.85. The molecule has 0 aromatic carbocycles. The zero-order valence-electron chi connectivity index (χ0n) is 23.2. The van der Waals surface area contributed by atoms with Crippen LogP contribution < -0.4 is 11.2 Å². The molecule has 1 aliphatic carbocycles. The Balaban J connectivity index is 2.14. The van der Waals surface area contributed by atoms with Crippen molar-refractivity contribution >= 4 is 29.8 Å². The van der Waals surface area contributed by atoms with Gasteiger partial charge in [0.1, 0.15) is 11.3 Å². The monoisotopic (exact) mass is 545 g/mol. The Morgan fingerprint density at radius 1 is 1.15 bits per heavy atom. The summed E-state index contributed by atoms with van der Waals surface area (Å²) in [5, 5.41) is 11.0. The standard InChI is InChI=1S/C27H39N5O7/c1-16-11-12-20(29-15-16)21(33)30-32(25(38)39-26(3,4)5)23(35)27(24(36)37)19(18-9-7-6-8-10-18)13-14-31(27)22(34)17(2)28/h11-12,15,17-19H,6-10,13-14,28H2,1-5H3,(H,30,33)(H,36,37)/t17-,19?,27+/m0/s1. The molecule has 0 spiro atoms. The van der Waals surface area contributed by atoms with Gasteiger partial charge in [-0.25, -0.2) is 15.0 Å². The molecule has 2 fully saturated rings. The van der Waals surface area contributed by atoms with Crippen molar-refractivity contribution in [3.63, 3.8) is 0 Å². The molecule has 3 rings (SSSR count). The van der Waals surface area contributed by atoms with Gasteiger partial charge in [-0.2, -0.15) is 0 Å². The van der Waals surface area contributed by atoms with Crippen molar-refractivity contribution in [2.45, 2.75) is 90.3 Å². The maximum Gasteiger partial charge on any atom is 0.436 e. The Hall–Kier alpha value is -3.54. The van der Waals surface area contributed by atoms with E-state index in [0.29, 0.717) is 12.8 Å². The predicted octanol–water partition coefficient (Wildman–Crippen LogP) is 2.40. The Morgan fingerprint density at radius 2 is 1.79 bits per heavy atom. The lowest BCUT2D eigenvalue weighted by Crippen LogP contribution is -2.71. The van der Waals surface area contributed by atoms with Crippen molar-refractivity contribution in [1.82, 2.24) is 20.3 Å². The molecule has 1 aromatic rings. The molecule has 4 N–H and O–H groups in total. The van der Waals surface area contributed by atoms with E-state index >= 15 is 0 Å². The molecule has 1 saturated heterocycles. The van der Waals surface area contributed by atoms with E-state index in [1.165, 1.54) is 19.2 Å². The highest BCUT2D eigenvalue weighted by Crippen LogP contribution is 2.46. The number of rotatable bonds is 5. The third kappa shape index (κ3) is 6.21. The third-order valence-corrected chi connectivity index (χ3v) is 7.29. The molecule has 1 unspecified atom stereocenters. The number of likely N-dealkylation sites (tertiary alicyclic amines) is 1. The first kappa shape index (κ1) is 30.0. The highest BCUT2D eigenvalue weighted by molar-refractivity contribution is 6.14. The number of pyridine rings is 1. The van der Waals surface area contributed by atoms with Crippen LogP contribution in [0.4, 0.5) is 4.79 Å². The summed E-state index contributed by atoms with van der Waals surface area (Å²) in [6.07, 6.45) is 4.46. The molecule has 1 aromatic heterocycles. The van der Waals surface area contributed by atoms with Gasteiger partial charge >= 0.3 is 12.1 Å². The molecular formula is C27H39N5O7. The first-order valence-electron chi connectivity index (χ1n) is 13.3. The highest BCUT2D eigenvalue weighted by atomic mass is 16.6. The van der Waals surface area contributed by atoms with E-state index in [1.807, 2.05) is 0 Å². The smallest absolute Gasteiger partial charge is 0.436 e. The highest BCUT2D eigenvalue weighted by Gasteiger charge is 2.66. The van der Waals surface area contributed by atoms with E-state index in [2.05, 4.69) is 10.4 Å². The number of hydrogen-bond acceptors (Lipinski definition) is 8. The van der Waals surface area contributed by atoms with Gasteiger partial charge in [0.2, 0.25) is 11.4 Å². The molecule has 0 radical (unpaired) electrons. The van der Waals surface area contributed by atoms with Gasteiger partial charge < -0.3 is 20.5 Å². The van der Waals surface area contributed by atoms with E-state index in [0.717, 1.165) is 29.7 Å². The van der Waals surface area contributed by atoms with Crippen LogP contribution in [0.1, 0.15) is 82.3 Å². The zero-order chi connectivity index (χ0) is 29.1. The Kier molecular flexibility index (Phi) is 8.99. The fourth-order valence-electron chi connectivity index (χ4n) is 5.55. The summed E-state index contributed by atoms with van der Waals surface area (Å²) in [7, 11) is 0. The normalized spacial score (nSPS) is 22.6. The number of nitrogens with zero attached hydrogens (tertiary/aromatic N) is 3. The number of carboxylic acid groups (broad SMARTS) is 1. The van der Waals surface area contributed by atoms with Crippen molar-refractivity contribution in [2.24, 2.45) is 17.6 Å². The van der Waals surface area contributed by atoms with Crippen LogP contribution in [0.15, 0.2) is 18.3 Å². The number of carbonyl (C=O) groups excluding carboxylic acids is 4. The minimum atomic E-state index is -2.47. The molecule has 2 aliphatic rings. The molecule has 1 aliphatic heterocycles. The Bertz CT molecular complexity index is 1110. The maximum atomic E-state index is 14.4. The fraction of sp³-hybridized carbons (Fsp3) is 0.630. The first-order valence-corrected chi connectivity index (χ1v) is 13.3. The van der Waals surface area contributed by atoms with Crippen molar-refractivity contribution < 1.29 is 33.8 Å². The number of hydrazine groups is 1. The van der Waals surface area contributed by atoms with Crippen LogP contribution in [0.25, 0.3) is 0 Å². The van der Waals surface area contributed by atoms with Crippen molar-refractivity contribution in [3.05, 3.63) is 29.6 Å². The van der Waals surface area contributed by atoms with E-state index in [-0.39, 0.29) is 29.6 Å². The van der Waals surface area contributed by atoms with Crippen molar-refractivity contribution in [1.29, 1.82) is 0 Å². The number of aromatic nitrogens is 1. The van der Waals surface area contributed by atoms with Gasteiger partial charge in [-0.05, 0) is 58.6 Å². The van der Waals surface area contributed by atoms with Crippen LogP contribution in [0, 0.1) is 18.8 Å². The molecule has 12 heteroatoms. The lowest BCUT2D eigenvalue weighted by Gasteiger charge is -2.43. The number of nitrogens with one attached hydrogen (secondary N) is 1. The van der Waals surface area contributed by atoms with Crippen LogP contribution in [-0.4, -0.2) is 73.5 Å². The van der Waals surface area contributed by atoms with E-state index < -0.39 is 52.9 Å². The lowest BCUT2D eigenvalue weighted by molar-refractivity contribution is -0.172. The van der Waals surface area contributed by atoms with E-state index in [4.69, 9.17) is 10.5 Å². The first-order chi connectivity index (χ1) is 18.2. The van der Waals surface area contributed by atoms with Gasteiger partial charge in [-0.15, -0.1) is 5.01 Å². The Labute approximate surface area is 228 Å². The number of carboxylic acids is 1. The average Bonchev–Trinajstić information content (AvgIpc) is 3.27. The van der Waals surface area contributed by atoms with Crippen LogP contribution in [0.2, 0.25) is 0 Å². The molecule has 4 amide bonds. The van der Waals surface area contributed by atoms with E-state index in [1.54, 1.807) is 33.8 Å². The summed E-state index contributed by atoms with van der Waals surface area (Å²) in [4.78, 5) is 72.3. The van der Waals surface area contributed by atoms with Crippen LogP contribution >= 0.6 is 0 Å². The largest absolute Gasteiger partial charge is 0.479 e. The number of amides is 4. The minimum absolute atomic E-state index is 0.0325. The van der Waals surface area contributed by atoms with Gasteiger partial charge in [-0.3, -0.25) is 19.4 Å². The molecule has 0 bridgehead atoms. The maximum absolute atomic E-state index is 14.4. The predicted molar refractivity (Wildman–Crippen MR) is 140 cm³/mol. The lowest BCUT2D eigenvalue weighted by atomic mass is 9.70. The number of aryl methyl sites for hydroxylation is 1. The topological polar surface area (TPSA) is 172 Å². The number of ether oxygens (including phenoxy) is 1. The van der Waals surface area contributed by atoms with Crippen LogP contribution in [-0.2, 0) is 19.1 Å². The zero-order valence-corrected chi connectivity index (χ0v) is 23.2. The second-order valence-electron chi connectivity index (χ2n) is 11.4. The van der Waals surface area contributed by atoms with Gasteiger partial charge in [0.15, 0.2) is 0 Å². The van der Waals surface area contributed by atoms with E-state index in [9.17, 15) is 29.1 Å². The number of imide groups is 1. The summed E-state index contributed by atoms with van der Waals surface area (Å²) in [5.41, 5.74) is 5.20. The summed E-state index contributed by atoms with van der Waals surface area (Å²) < 4.78 is 5.40. The number of hydrogen-bond donors (Lipinski definition) is 3. The summed E-state index contributed by atoms with van der Waals surface area (Å²) >= 11 is 0. The third-order valence-electron chi connectivity index (χ3n) is 7.29. The Morgan fingerprint density at radius 3 is 2.31 bits per heavy atom. The molecule has 214 valence electrons. The summed E-state index contributed by atoms with van der Waals surface area (Å²) in [5.74, 6) is -5.52. The van der Waals surface area contributed by atoms with Gasteiger partial charge in [0.25, 0.3) is 11.8 Å². The average molecular weight is 546 g/mol. The SMILES string of the molecule is Cc1ccc(C(=O)NN(C(=O)OC(C)(C)C)C(=O)[C@@]2(C(=O)O)C(C3CCCCC3)CCN2C(=O)[C@H](C)N)nc1. The minimum Gasteiger partial charge on any atom is -0.479 e. The van der Waals surface area contributed by atoms with Crippen molar-refractivity contribution in [3.8, 4) is 0 Å². The molecule has 3 atom stereocenters. The molecule has 1 saturated carbocycles. The second kappa shape index (κ2) is 11.7. The number of nitrogens with two attached hydrogens (primary N) is 1.